The van der Waals surface area contributed by atoms with Crippen molar-refractivity contribution >= 4 is 28.3 Å². The quantitative estimate of drug-likeness (QED) is 0.611. The fourth-order valence-electron chi connectivity index (χ4n) is 2.55. The van der Waals surface area contributed by atoms with Gasteiger partial charge in [-0.15, -0.1) is 11.3 Å². The van der Waals surface area contributed by atoms with Gasteiger partial charge in [-0.2, -0.15) is 0 Å². The van der Waals surface area contributed by atoms with E-state index in [1.165, 1.54) is 38.5 Å². The van der Waals surface area contributed by atoms with E-state index in [1.807, 2.05) is 0 Å². The van der Waals surface area contributed by atoms with Crippen molar-refractivity contribution in [1.82, 2.24) is 4.98 Å². The molecule has 150 valence electrons. The molecule has 0 fully saturated rings. The summed E-state index contributed by atoms with van der Waals surface area (Å²) < 4.78 is 38.2. The summed E-state index contributed by atoms with van der Waals surface area (Å²) in [6, 6.07) is 8.04. The number of carbonyl (C=O) groups excluding carboxylic acids is 2. The molecule has 3 rings (SSSR count). The number of hydrogen-bond acceptors (Lipinski definition) is 6. The summed E-state index contributed by atoms with van der Waals surface area (Å²) in [5.74, 6) is -2.19. The molecule has 29 heavy (non-hydrogen) atoms. The first-order valence-corrected chi connectivity index (χ1v) is 9.25. The lowest BCUT2D eigenvalue weighted by molar-refractivity contribution is -0.139. The molecule has 0 bridgehead atoms. The van der Waals surface area contributed by atoms with Gasteiger partial charge >= 0.3 is 5.97 Å². The maximum Gasteiger partial charge on any atom is 0.311 e. The molecule has 0 saturated carbocycles. The second kappa shape index (κ2) is 8.78. The second-order valence-corrected chi connectivity index (χ2v) is 6.75. The molecule has 6 nitrogen and oxygen atoms in total. The van der Waals surface area contributed by atoms with Gasteiger partial charge in [0.05, 0.1) is 31.9 Å². The van der Waals surface area contributed by atoms with Crippen LogP contribution in [-0.2, 0) is 16.0 Å². The number of ether oxygens (including phenoxy) is 2. The number of aromatic nitrogens is 1. The minimum atomic E-state index is -0.804. The van der Waals surface area contributed by atoms with Crippen LogP contribution in [0.25, 0.3) is 11.1 Å². The number of amides is 1. The smallest absolute Gasteiger partial charge is 0.311 e. The number of rotatable bonds is 6. The molecule has 0 aliphatic rings. The minimum absolute atomic E-state index is 0.0284. The van der Waals surface area contributed by atoms with E-state index in [0.29, 0.717) is 11.4 Å². The molecule has 1 N–H and O–H groups in total. The van der Waals surface area contributed by atoms with Gasteiger partial charge in [0.25, 0.3) is 5.91 Å². The number of carbonyl (C=O) groups is 2. The van der Waals surface area contributed by atoms with Crippen molar-refractivity contribution in [2.45, 2.75) is 6.42 Å². The average Bonchev–Trinajstić information content (AvgIpc) is 3.14. The molecule has 0 unspecified atom stereocenters. The van der Waals surface area contributed by atoms with Crippen molar-refractivity contribution in [2.75, 3.05) is 19.5 Å². The fourth-order valence-corrected chi connectivity index (χ4v) is 3.26. The Balaban J connectivity index is 1.76. The standard InChI is InChI=1S/C20H16F2N2O4S/c1-27-13-4-6-14(17(22)9-13)11-3-5-15(16(21)7-11)19(26)24-20-23-12(10-29-20)8-18(25)28-2/h3-7,9-10H,8H2,1-2H3,(H,23,24,26). The Kier molecular flexibility index (Phi) is 6.18. The Hall–Kier alpha value is -3.33. The van der Waals surface area contributed by atoms with E-state index in [-0.39, 0.29) is 28.2 Å². The fraction of sp³-hybridized carbons (Fsp3) is 0.150. The van der Waals surface area contributed by atoms with E-state index in [1.54, 1.807) is 11.4 Å². The molecule has 3 aromatic rings. The summed E-state index contributed by atoms with van der Waals surface area (Å²) in [4.78, 5) is 27.7. The van der Waals surface area contributed by atoms with Crippen molar-refractivity contribution in [3.63, 3.8) is 0 Å². The van der Waals surface area contributed by atoms with Crippen LogP contribution in [0.15, 0.2) is 41.8 Å². The first kappa shape index (κ1) is 20.4. The first-order chi connectivity index (χ1) is 13.9. The monoisotopic (exact) mass is 418 g/mol. The lowest BCUT2D eigenvalue weighted by Crippen LogP contribution is -2.14. The van der Waals surface area contributed by atoms with Crippen LogP contribution >= 0.6 is 11.3 Å². The highest BCUT2D eigenvalue weighted by Crippen LogP contribution is 2.28. The van der Waals surface area contributed by atoms with Gasteiger partial charge in [0.15, 0.2) is 5.13 Å². The predicted octanol–water partition coefficient (Wildman–Crippen LogP) is 4.06. The zero-order chi connectivity index (χ0) is 21.0. The van der Waals surface area contributed by atoms with Gasteiger partial charge in [0.1, 0.15) is 17.4 Å². The molecule has 2 aromatic carbocycles. The van der Waals surface area contributed by atoms with E-state index in [0.717, 1.165) is 17.4 Å². The molecule has 0 atom stereocenters. The topological polar surface area (TPSA) is 77.5 Å². The zero-order valence-corrected chi connectivity index (χ0v) is 16.3. The average molecular weight is 418 g/mol. The van der Waals surface area contributed by atoms with E-state index in [9.17, 15) is 18.4 Å². The van der Waals surface area contributed by atoms with Gasteiger partial charge in [-0.3, -0.25) is 14.9 Å². The summed E-state index contributed by atoms with van der Waals surface area (Å²) in [6.07, 6.45) is -0.0284. The molecule has 0 saturated heterocycles. The van der Waals surface area contributed by atoms with E-state index in [4.69, 9.17) is 4.74 Å². The van der Waals surface area contributed by atoms with Crippen LogP contribution in [0.5, 0.6) is 5.75 Å². The summed E-state index contributed by atoms with van der Waals surface area (Å²) >= 11 is 1.10. The summed E-state index contributed by atoms with van der Waals surface area (Å²) in [7, 11) is 2.68. The largest absolute Gasteiger partial charge is 0.497 e. The molecule has 1 heterocycles. The normalized spacial score (nSPS) is 10.5. The number of esters is 1. The van der Waals surface area contributed by atoms with Gasteiger partial charge in [-0.05, 0) is 29.8 Å². The molecular weight excluding hydrogens is 402 g/mol. The van der Waals surface area contributed by atoms with E-state index < -0.39 is 23.5 Å². The highest BCUT2D eigenvalue weighted by Gasteiger charge is 2.16. The Bertz CT molecular complexity index is 1070. The molecule has 9 heteroatoms. The Labute approximate surface area is 169 Å². The van der Waals surface area contributed by atoms with Crippen molar-refractivity contribution in [3.8, 4) is 16.9 Å². The van der Waals surface area contributed by atoms with Gasteiger partial charge in [-0.25, -0.2) is 13.8 Å². The number of hydrogen-bond donors (Lipinski definition) is 1. The Morgan fingerprint density at radius 2 is 1.90 bits per heavy atom. The number of nitrogens with one attached hydrogen (secondary N) is 1. The van der Waals surface area contributed by atoms with Crippen LogP contribution in [0.1, 0.15) is 16.1 Å². The lowest BCUT2D eigenvalue weighted by atomic mass is 10.0. The van der Waals surface area contributed by atoms with Crippen molar-refractivity contribution < 1.29 is 27.8 Å². The van der Waals surface area contributed by atoms with Crippen LogP contribution in [0.2, 0.25) is 0 Å². The third kappa shape index (κ3) is 4.75. The van der Waals surface area contributed by atoms with Gasteiger partial charge < -0.3 is 9.47 Å². The molecular formula is C20H16F2N2O4S. The number of nitrogens with zero attached hydrogens (tertiary/aromatic N) is 1. The number of benzene rings is 2. The number of anilines is 1. The molecule has 0 radical (unpaired) electrons. The van der Waals surface area contributed by atoms with E-state index >= 15 is 0 Å². The maximum atomic E-state index is 14.5. The summed E-state index contributed by atoms with van der Waals surface area (Å²) in [6.45, 7) is 0. The molecule has 1 amide bonds. The van der Waals surface area contributed by atoms with Gasteiger partial charge in [0.2, 0.25) is 0 Å². The number of halogens is 2. The molecule has 1 aromatic heterocycles. The van der Waals surface area contributed by atoms with Gasteiger partial charge in [0, 0.05) is 17.0 Å². The minimum Gasteiger partial charge on any atom is -0.497 e. The van der Waals surface area contributed by atoms with Crippen molar-refractivity contribution in [2.24, 2.45) is 0 Å². The summed E-state index contributed by atoms with van der Waals surface area (Å²) in [5, 5.41) is 4.30. The maximum absolute atomic E-state index is 14.5. The van der Waals surface area contributed by atoms with Crippen molar-refractivity contribution in [3.05, 3.63) is 64.7 Å². The summed E-state index contributed by atoms with van der Waals surface area (Å²) in [5.41, 5.74) is 0.688. The third-order valence-electron chi connectivity index (χ3n) is 4.03. The van der Waals surface area contributed by atoms with Crippen LogP contribution < -0.4 is 10.1 Å². The first-order valence-electron chi connectivity index (χ1n) is 8.37. The van der Waals surface area contributed by atoms with Crippen molar-refractivity contribution in [1.29, 1.82) is 0 Å². The second-order valence-electron chi connectivity index (χ2n) is 5.89. The Morgan fingerprint density at radius 1 is 1.10 bits per heavy atom. The van der Waals surface area contributed by atoms with Crippen LogP contribution in [0, 0.1) is 11.6 Å². The Morgan fingerprint density at radius 3 is 2.55 bits per heavy atom. The number of thiazole rings is 1. The highest BCUT2D eigenvalue weighted by molar-refractivity contribution is 7.14. The van der Waals surface area contributed by atoms with Crippen LogP contribution in [0.4, 0.5) is 13.9 Å². The molecule has 0 spiro atoms. The third-order valence-corrected chi connectivity index (χ3v) is 4.83. The van der Waals surface area contributed by atoms with E-state index in [2.05, 4.69) is 15.0 Å². The highest BCUT2D eigenvalue weighted by atomic mass is 32.1. The SMILES string of the molecule is COC(=O)Cc1csc(NC(=O)c2ccc(-c3ccc(OC)cc3F)cc2F)n1. The van der Waals surface area contributed by atoms with Gasteiger partial charge in [-0.1, -0.05) is 6.07 Å². The van der Waals surface area contributed by atoms with Crippen LogP contribution in [-0.4, -0.2) is 31.1 Å². The molecule has 0 aliphatic carbocycles. The number of methoxy groups -OCH3 is 2. The lowest BCUT2D eigenvalue weighted by Gasteiger charge is -2.08. The zero-order valence-electron chi connectivity index (χ0n) is 15.5. The van der Waals surface area contributed by atoms with Crippen LogP contribution in [0.3, 0.4) is 0 Å². The predicted molar refractivity (Wildman–Crippen MR) is 104 cm³/mol. The molecule has 0 aliphatic heterocycles.